The van der Waals surface area contributed by atoms with Crippen LogP contribution in [0.5, 0.6) is 0 Å². The molecule has 2 fully saturated rings. The second-order valence-electron chi connectivity index (χ2n) is 7.16. The summed E-state index contributed by atoms with van der Waals surface area (Å²) in [5, 5.41) is 3.25. The quantitative estimate of drug-likeness (QED) is 0.794. The number of rotatable bonds is 5. The van der Waals surface area contributed by atoms with E-state index in [1.54, 1.807) is 0 Å². The van der Waals surface area contributed by atoms with Gasteiger partial charge in [-0.1, -0.05) is 11.6 Å². The van der Waals surface area contributed by atoms with Crippen LogP contribution in [0.25, 0.3) is 0 Å². The first-order chi connectivity index (χ1) is 10.8. The van der Waals surface area contributed by atoms with Gasteiger partial charge >= 0.3 is 0 Å². The summed E-state index contributed by atoms with van der Waals surface area (Å²) >= 11 is 0. The Balaban J connectivity index is 1.34. The van der Waals surface area contributed by atoms with E-state index in [0.29, 0.717) is 12.5 Å². The molecule has 124 valence electrons. The zero-order chi connectivity index (χ0) is 15.2. The summed E-state index contributed by atoms with van der Waals surface area (Å²) in [5.41, 5.74) is 1.35. The highest BCUT2D eigenvalue weighted by Crippen LogP contribution is 2.21. The van der Waals surface area contributed by atoms with Crippen molar-refractivity contribution >= 4 is 5.91 Å². The van der Waals surface area contributed by atoms with Gasteiger partial charge in [-0.3, -0.25) is 4.79 Å². The molecule has 0 aromatic carbocycles. The molecule has 0 aromatic heterocycles. The molecule has 4 heteroatoms. The molecular formula is C18H30N2O2. The zero-order valence-corrected chi connectivity index (χ0v) is 13.7. The molecular weight excluding hydrogens is 276 g/mol. The van der Waals surface area contributed by atoms with Crippen LogP contribution in [0, 0.1) is 5.92 Å². The van der Waals surface area contributed by atoms with Crippen LogP contribution in [-0.4, -0.2) is 49.7 Å². The Kier molecular flexibility index (Phi) is 5.90. The predicted octanol–water partition coefficient (Wildman–Crippen LogP) is 2.49. The maximum atomic E-state index is 12.2. The largest absolute Gasteiger partial charge is 0.381 e. The molecule has 3 rings (SSSR count). The van der Waals surface area contributed by atoms with Gasteiger partial charge in [-0.2, -0.15) is 0 Å². The molecule has 1 atom stereocenters. The van der Waals surface area contributed by atoms with E-state index in [1.807, 2.05) is 0 Å². The molecule has 0 spiro atoms. The minimum Gasteiger partial charge on any atom is -0.381 e. The first-order valence-electron chi connectivity index (χ1n) is 9.07. The van der Waals surface area contributed by atoms with Crippen molar-refractivity contribution in [1.29, 1.82) is 0 Å². The normalized spacial score (nSPS) is 27.6. The minimum atomic E-state index is 0.232. The molecule has 4 nitrogen and oxygen atoms in total. The molecule has 0 aromatic rings. The smallest absolute Gasteiger partial charge is 0.224 e. The fourth-order valence-electron chi connectivity index (χ4n) is 3.90. The topological polar surface area (TPSA) is 41.6 Å². The number of likely N-dealkylation sites (tertiary alicyclic amines) is 1. The van der Waals surface area contributed by atoms with Crippen molar-refractivity contribution in [3.63, 3.8) is 0 Å². The molecule has 22 heavy (non-hydrogen) atoms. The summed E-state index contributed by atoms with van der Waals surface area (Å²) in [6.07, 6.45) is 11.1. The van der Waals surface area contributed by atoms with Crippen molar-refractivity contribution in [3.05, 3.63) is 11.6 Å². The van der Waals surface area contributed by atoms with Gasteiger partial charge in [-0.05, 0) is 50.9 Å². The maximum absolute atomic E-state index is 12.2. The SMILES string of the molecule is O=C(CC1=CCCCC1)NC1CCN(C[C@H]2CCOC2)CC1. The van der Waals surface area contributed by atoms with E-state index in [4.69, 9.17) is 4.74 Å². The van der Waals surface area contributed by atoms with Gasteiger partial charge in [0.2, 0.25) is 5.91 Å². The van der Waals surface area contributed by atoms with Gasteiger partial charge in [0.05, 0.1) is 6.61 Å². The van der Waals surface area contributed by atoms with Crippen molar-refractivity contribution in [2.75, 3.05) is 32.8 Å². The Morgan fingerprint density at radius 1 is 1.27 bits per heavy atom. The number of hydrogen-bond acceptors (Lipinski definition) is 3. The third kappa shape index (κ3) is 4.82. The second-order valence-corrected chi connectivity index (χ2v) is 7.16. The standard InChI is InChI=1S/C18H30N2O2/c21-18(12-15-4-2-1-3-5-15)19-17-6-9-20(10-7-17)13-16-8-11-22-14-16/h4,16-17H,1-3,5-14H2,(H,19,21)/t16-/m1/s1. The number of amides is 1. The lowest BCUT2D eigenvalue weighted by molar-refractivity contribution is -0.121. The molecule has 1 aliphatic carbocycles. The third-order valence-electron chi connectivity index (χ3n) is 5.27. The van der Waals surface area contributed by atoms with Gasteiger partial charge in [0.25, 0.3) is 0 Å². The number of ether oxygens (including phenoxy) is 1. The van der Waals surface area contributed by atoms with E-state index in [1.165, 1.54) is 31.4 Å². The summed E-state index contributed by atoms with van der Waals surface area (Å²) in [7, 11) is 0. The number of allylic oxidation sites excluding steroid dienone is 1. The van der Waals surface area contributed by atoms with Crippen LogP contribution in [0.3, 0.4) is 0 Å². The first kappa shape index (κ1) is 16.0. The van der Waals surface area contributed by atoms with Gasteiger partial charge < -0.3 is 15.0 Å². The Morgan fingerprint density at radius 2 is 2.14 bits per heavy atom. The van der Waals surface area contributed by atoms with Gasteiger partial charge in [-0.25, -0.2) is 0 Å². The number of carbonyl (C=O) groups excluding carboxylic acids is 1. The van der Waals surface area contributed by atoms with Crippen LogP contribution in [0.15, 0.2) is 11.6 Å². The number of piperidine rings is 1. The molecule has 2 aliphatic heterocycles. The lowest BCUT2D eigenvalue weighted by Gasteiger charge is -2.33. The van der Waals surface area contributed by atoms with Crippen LogP contribution in [-0.2, 0) is 9.53 Å². The Morgan fingerprint density at radius 3 is 2.82 bits per heavy atom. The summed E-state index contributed by atoms with van der Waals surface area (Å²) < 4.78 is 5.46. The van der Waals surface area contributed by atoms with E-state index in [9.17, 15) is 4.79 Å². The van der Waals surface area contributed by atoms with Crippen LogP contribution in [0.2, 0.25) is 0 Å². The molecule has 1 amide bonds. The fourth-order valence-corrected chi connectivity index (χ4v) is 3.90. The highest BCUT2D eigenvalue weighted by atomic mass is 16.5. The molecule has 0 bridgehead atoms. The van der Waals surface area contributed by atoms with Crippen molar-refractivity contribution in [2.24, 2.45) is 5.92 Å². The van der Waals surface area contributed by atoms with Crippen molar-refractivity contribution < 1.29 is 9.53 Å². The Bertz CT molecular complexity index is 394. The fraction of sp³-hybridized carbons (Fsp3) is 0.833. The second kappa shape index (κ2) is 8.11. The molecule has 0 saturated carbocycles. The molecule has 3 aliphatic rings. The number of nitrogens with one attached hydrogen (secondary N) is 1. The first-order valence-corrected chi connectivity index (χ1v) is 9.07. The monoisotopic (exact) mass is 306 g/mol. The number of carbonyl (C=O) groups is 1. The highest BCUT2D eigenvalue weighted by molar-refractivity contribution is 5.78. The molecule has 2 saturated heterocycles. The average molecular weight is 306 g/mol. The molecule has 0 radical (unpaired) electrons. The minimum absolute atomic E-state index is 0.232. The predicted molar refractivity (Wildman–Crippen MR) is 87.7 cm³/mol. The van der Waals surface area contributed by atoms with E-state index in [2.05, 4.69) is 16.3 Å². The van der Waals surface area contributed by atoms with Crippen molar-refractivity contribution in [2.45, 2.75) is 57.4 Å². The van der Waals surface area contributed by atoms with Crippen LogP contribution < -0.4 is 5.32 Å². The van der Waals surface area contributed by atoms with Crippen molar-refractivity contribution in [3.8, 4) is 0 Å². The van der Waals surface area contributed by atoms with Crippen molar-refractivity contribution in [1.82, 2.24) is 10.2 Å². The van der Waals surface area contributed by atoms with Gasteiger partial charge in [0.15, 0.2) is 0 Å². The van der Waals surface area contributed by atoms with Crippen LogP contribution >= 0.6 is 0 Å². The third-order valence-corrected chi connectivity index (χ3v) is 5.27. The number of nitrogens with zero attached hydrogens (tertiary/aromatic N) is 1. The Hall–Kier alpha value is -0.870. The van der Waals surface area contributed by atoms with Crippen LogP contribution in [0.1, 0.15) is 51.4 Å². The lowest BCUT2D eigenvalue weighted by atomic mass is 9.96. The summed E-state index contributed by atoms with van der Waals surface area (Å²) in [4.78, 5) is 14.7. The summed E-state index contributed by atoms with van der Waals surface area (Å²) in [6.45, 7) is 5.28. The summed E-state index contributed by atoms with van der Waals surface area (Å²) in [6, 6.07) is 0.382. The molecule has 1 N–H and O–H groups in total. The van der Waals surface area contributed by atoms with E-state index >= 15 is 0 Å². The Labute approximate surface area is 134 Å². The highest BCUT2D eigenvalue weighted by Gasteiger charge is 2.24. The van der Waals surface area contributed by atoms with Gasteiger partial charge in [-0.15, -0.1) is 0 Å². The van der Waals surface area contributed by atoms with Gasteiger partial charge in [0, 0.05) is 38.7 Å². The average Bonchev–Trinajstić information content (AvgIpc) is 3.03. The van der Waals surface area contributed by atoms with E-state index in [-0.39, 0.29) is 5.91 Å². The van der Waals surface area contributed by atoms with Gasteiger partial charge in [0.1, 0.15) is 0 Å². The maximum Gasteiger partial charge on any atom is 0.224 e. The molecule has 2 heterocycles. The molecule has 0 unspecified atom stereocenters. The zero-order valence-electron chi connectivity index (χ0n) is 13.7. The summed E-state index contributed by atoms with van der Waals surface area (Å²) in [5.74, 6) is 0.958. The lowest BCUT2D eigenvalue weighted by Crippen LogP contribution is -2.45. The van der Waals surface area contributed by atoms with E-state index in [0.717, 1.165) is 57.9 Å². The number of hydrogen-bond donors (Lipinski definition) is 1. The van der Waals surface area contributed by atoms with E-state index < -0.39 is 0 Å². The van der Waals surface area contributed by atoms with Crippen LogP contribution in [0.4, 0.5) is 0 Å².